The highest BCUT2D eigenvalue weighted by molar-refractivity contribution is 14.1. The monoisotopic (exact) mass is 450 g/mol. The SMILES string of the molecule is O=[N+]([O-])c1cc(I)c(O)c(Cc2cc(Cl)cc([N+](=O)[O-])c2O)c1. The lowest BCUT2D eigenvalue weighted by Gasteiger charge is -2.09. The second kappa shape index (κ2) is 6.54. The number of rotatable bonds is 4. The first-order valence-electron chi connectivity index (χ1n) is 6.02. The van der Waals surface area contributed by atoms with E-state index in [1.807, 2.05) is 0 Å². The van der Waals surface area contributed by atoms with Gasteiger partial charge in [-0.2, -0.15) is 0 Å². The highest BCUT2D eigenvalue weighted by atomic mass is 127. The number of aromatic hydroxyl groups is 2. The van der Waals surface area contributed by atoms with Crippen LogP contribution in [0.15, 0.2) is 24.3 Å². The number of non-ortho nitro benzene ring substituents is 1. The van der Waals surface area contributed by atoms with Crippen molar-refractivity contribution in [1.82, 2.24) is 0 Å². The summed E-state index contributed by atoms with van der Waals surface area (Å²) in [5.74, 6) is -0.793. The van der Waals surface area contributed by atoms with E-state index in [0.717, 1.165) is 12.1 Å². The summed E-state index contributed by atoms with van der Waals surface area (Å²) in [6.45, 7) is 0. The molecule has 0 aliphatic heterocycles. The minimum Gasteiger partial charge on any atom is -0.507 e. The van der Waals surface area contributed by atoms with Crippen molar-refractivity contribution < 1.29 is 20.1 Å². The summed E-state index contributed by atoms with van der Waals surface area (Å²) in [6.07, 6.45) is -0.156. The number of nitrogens with zero attached hydrogens (tertiary/aromatic N) is 2. The Morgan fingerprint density at radius 2 is 1.61 bits per heavy atom. The second-order valence-electron chi connectivity index (χ2n) is 4.56. The van der Waals surface area contributed by atoms with Crippen LogP contribution in [0.1, 0.15) is 11.1 Å². The molecule has 0 saturated carbocycles. The summed E-state index contributed by atoms with van der Waals surface area (Å²) >= 11 is 7.53. The number of hydrogen-bond acceptors (Lipinski definition) is 6. The molecule has 0 fully saturated rings. The van der Waals surface area contributed by atoms with Gasteiger partial charge in [0.25, 0.3) is 5.69 Å². The van der Waals surface area contributed by atoms with Crippen LogP contribution in [0.2, 0.25) is 5.02 Å². The van der Waals surface area contributed by atoms with Gasteiger partial charge in [-0.1, -0.05) is 11.6 Å². The number of nitro groups is 2. The largest absolute Gasteiger partial charge is 0.507 e. The van der Waals surface area contributed by atoms with E-state index in [1.54, 1.807) is 22.6 Å². The molecule has 0 unspecified atom stereocenters. The van der Waals surface area contributed by atoms with Gasteiger partial charge >= 0.3 is 5.69 Å². The summed E-state index contributed by atoms with van der Waals surface area (Å²) in [5, 5.41) is 41.8. The average molecular weight is 451 g/mol. The molecule has 0 bridgehead atoms. The van der Waals surface area contributed by atoms with Gasteiger partial charge in [-0.15, -0.1) is 0 Å². The summed E-state index contributed by atoms with van der Waals surface area (Å²) in [4.78, 5) is 20.4. The van der Waals surface area contributed by atoms with Crippen LogP contribution in [-0.4, -0.2) is 20.1 Å². The van der Waals surface area contributed by atoms with Crippen molar-refractivity contribution >= 4 is 45.6 Å². The van der Waals surface area contributed by atoms with Crippen LogP contribution < -0.4 is 0 Å². The Bertz CT molecular complexity index is 827. The van der Waals surface area contributed by atoms with Crippen LogP contribution in [0.4, 0.5) is 11.4 Å². The molecule has 2 aromatic carbocycles. The number of phenolic OH excluding ortho intramolecular Hbond substituents is 2. The molecule has 2 N–H and O–H groups in total. The molecular formula is C13H8ClIN2O6. The van der Waals surface area contributed by atoms with Crippen LogP contribution in [0.25, 0.3) is 0 Å². The number of hydrogen-bond donors (Lipinski definition) is 2. The average Bonchev–Trinajstić information content (AvgIpc) is 2.46. The third kappa shape index (κ3) is 3.62. The van der Waals surface area contributed by atoms with Gasteiger partial charge in [-0.3, -0.25) is 20.2 Å². The molecule has 0 atom stereocenters. The molecule has 0 heterocycles. The number of nitro benzene ring substituents is 2. The van der Waals surface area contributed by atoms with Crippen LogP contribution in [-0.2, 0) is 6.42 Å². The van der Waals surface area contributed by atoms with Crippen molar-refractivity contribution in [3.8, 4) is 11.5 Å². The molecule has 0 aliphatic rings. The maximum atomic E-state index is 10.9. The zero-order valence-corrected chi connectivity index (χ0v) is 14.1. The maximum absolute atomic E-state index is 10.9. The molecule has 0 aliphatic carbocycles. The molecule has 2 aromatic rings. The molecule has 2 rings (SSSR count). The van der Waals surface area contributed by atoms with E-state index < -0.39 is 21.3 Å². The minimum atomic E-state index is -0.790. The van der Waals surface area contributed by atoms with Crippen LogP contribution >= 0.6 is 34.2 Å². The highest BCUT2D eigenvalue weighted by Crippen LogP contribution is 2.37. The summed E-state index contributed by atoms with van der Waals surface area (Å²) in [7, 11) is 0. The number of halogens is 2. The molecule has 0 saturated heterocycles. The van der Waals surface area contributed by atoms with E-state index in [9.17, 15) is 30.4 Å². The van der Waals surface area contributed by atoms with Gasteiger partial charge in [0.15, 0.2) is 5.75 Å². The first kappa shape index (κ1) is 17.2. The standard InChI is InChI=1S/C13H8ClIN2O6/c14-8-2-6(13(19)11(4-8)17(22)23)1-7-3-9(16(20)21)5-10(15)12(7)18/h2-5,18-19H,1H2. The molecule has 8 nitrogen and oxygen atoms in total. The second-order valence-corrected chi connectivity index (χ2v) is 6.16. The topological polar surface area (TPSA) is 127 Å². The number of benzene rings is 2. The third-order valence-electron chi connectivity index (χ3n) is 3.05. The van der Waals surface area contributed by atoms with Crippen LogP contribution in [0, 0.1) is 23.8 Å². The van der Waals surface area contributed by atoms with Crippen molar-refractivity contribution in [3.05, 3.63) is 64.2 Å². The molecule has 120 valence electrons. The molecule has 10 heteroatoms. The Balaban J connectivity index is 2.56. The Kier molecular flexibility index (Phi) is 4.90. The third-order valence-corrected chi connectivity index (χ3v) is 4.09. The van der Waals surface area contributed by atoms with Crippen molar-refractivity contribution in [1.29, 1.82) is 0 Å². The van der Waals surface area contributed by atoms with E-state index in [0.29, 0.717) is 0 Å². The molecule has 0 spiro atoms. The Morgan fingerprint density at radius 1 is 1.00 bits per heavy atom. The maximum Gasteiger partial charge on any atom is 0.312 e. The van der Waals surface area contributed by atoms with Gasteiger partial charge in [-0.05, 0) is 28.7 Å². The fraction of sp³-hybridized carbons (Fsp3) is 0.0769. The summed E-state index contributed by atoms with van der Waals surface area (Å²) in [5.41, 5.74) is -0.586. The van der Waals surface area contributed by atoms with E-state index in [-0.39, 0.29) is 37.6 Å². The lowest BCUT2D eigenvalue weighted by atomic mass is 10.0. The molecule has 0 aromatic heterocycles. The molecule has 0 radical (unpaired) electrons. The fourth-order valence-electron chi connectivity index (χ4n) is 2.00. The fourth-order valence-corrected chi connectivity index (χ4v) is 2.90. The van der Waals surface area contributed by atoms with Crippen molar-refractivity contribution in [2.75, 3.05) is 0 Å². The van der Waals surface area contributed by atoms with E-state index in [4.69, 9.17) is 11.6 Å². The van der Waals surface area contributed by atoms with E-state index >= 15 is 0 Å². The smallest absolute Gasteiger partial charge is 0.312 e. The lowest BCUT2D eigenvalue weighted by Crippen LogP contribution is -1.97. The van der Waals surface area contributed by atoms with Gasteiger partial charge < -0.3 is 10.2 Å². The lowest BCUT2D eigenvalue weighted by molar-refractivity contribution is -0.385. The predicted octanol–water partition coefficient (Wildman–Crippen LogP) is 3.76. The molecule has 23 heavy (non-hydrogen) atoms. The van der Waals surface area contributed by atoms with Gasteiger partial charge in [0, 0.05) is 40.8 Å². The van der Waals surface area contributed by atoms with E-state index in [2.05, 4.69) is 0 Å². The van der Waals surface area contributed by atoms with Gasteiger partial charge in [0.05, 0.1) is 13.4 Å². The normalized spacial score (nSPS) is 10.5. The summed E-state index contributed by atoms with van der Waals surface area (Å²) in [6, 6.07) is 4.63. The first-order chi connectivity index (χ1) is 10.7. The van der Waals surface area contributed by atoms with Crippen molar-refractivity contribution in [2.45, 2.75) is 6.42 Å². The van der Waals surface area contributed by atoms with Gasteiger partial charge in [0.2, 0.25) is 0 Å². The van der Waals surface area contributed by atoms with Crippen LogP contribution in [0.3, 0.4) is 0 Å². The number of phenols is 2. The summed E-state index contributed by atoms with van der Waals surface area (Å²) < 4.78 is 0.253. The zero-order chi connectivity index (χ0) is 17.3. The van der Waals surface area contributed by atoms with E-state index in [1.165, 1.54) is 12.1 Å². The van der Waals surface area contributed by atoms with Gasteiger partial charge in [-0.25, -0.2) is 0 Å². The predicted molar refractivity (Wildman–Crippen MR) is 90.1 cm³/mol. The Hall–Kier alpha value is -2.14. The quantitative estimate of drug-likeness (QED) is 0.415. The van der Waals surface area contributed by atoms with Crippen LogP contribution in [0.5, 0.6) is 11.5 Å². The first-order valence-corrected chi connectivity index (χ1v) is 7.48. The van der Waals surface area contributed by atoms with Crippen molar-refractivity contribution in [2.24, 2.45) is 0 Å². The highest BCUT2D eigenvalue weighted by Gasteiger charge is 2.21. The molecule has 0 amide bonds. The zero-order valence-electron chi connectivity index (χ0n) is 11.2. The Morgan fingerprint density at radius 3 is 2.17 bits per heavy atom. The van der Waals surface area contributed by atoms with Crippen molar-refractivity contribution in [3.63, 3.8) is 0 Å². The minimum absolute atomic E-state index is 0.0316. The van der Waals surface area contributed by atoms with Gasteiger partial charge in [0.1, 0.15) is 5.75 Å². The molecular weight excluding hydrogens is 443 g/mol. The Labute approximate surface area is 147 Å².